The first-order valence-electron chi connectivity index (χ1n) is 6.27. The van der Waals surface area contributed by atoms with Gasteiger partial charge in [-0.05, 0) is 44.4 Å². The first kappa shape index (κ1) is 10.1. The van der Waals surface area contributed by atoms with E-state index < -0.39 is 5.60 Å². The van der Waals surface area contributed by atoms with Crippen molar-refractivity contribution < 1.29 is 14.6 Å². The minimum Gasteiger partial charge on any atom is -0.384 e. The molecule has 2 aliphatic heterocycles. The van der Waals surface area contributed by atoms with Crippen LogP contribution >= 0.6 is 0 Å². The van der Waals surface area contributed by atoms with Crippen molar-refractivity contribution in [2.75, 3.05) is 13.2 Å². The number of aliphatic hydroxyl groups is 1. The predicted octanol–water partition coefficient (Wildman–Crippen LogP) is 1.49. The van der Waals surface area contributed by atoms with Gasteiger partial charge in [-0.1, -0.05) is 0 Å². The summed E-state index contributed by atoms with van der Waals surface area (Å²) >= 11 is 0. The maximum Gasteiger partial charge on any atom is 0.120 e. The third-order valence-electron chi connectivity index (χ3n) is 4.12. The second-order valence-corrected chi connectivity index (χ2v) is 5.16. The summed E-state index contributed by atoms with van der Waals surface area (Å²) in [7, 11) is 0. The van der Waals surface area contributed by atoms with Gasteiger partial charge >= 0.3 is 0 Å². The van der Waals surface area contributed by atoms with Crippen LogP contribution in [0.25, 0.3) is 0 Å². The molecule has 1 aliphatic carbocycles. The van der Waals surface area contributed by atoms with Gasteiger partial charge in [-0.2, -0.15) is 0 Å². The van der Waals surface area contributed by atoms with E-state index in [4.69, 9.17) is 9.47 Å². The van der Waals surface area contributed by atoms with E-state index >= 15 is 0 Å². The lowest BCUT2D eigenvalue weighted by Crippen LogP contribution is -2.53. The van der Waals surface area contributed by atoms with Crippen molar-refractivity contribution in [2.24, 2.45) is 5.92 Å². The molecule has 2 saturated heterocycles. The van der Waals surface area contributed by atoms with Gasteiger partial charge < -0.3 is 14.6 Å². The molecule has 3 heteroatoms. The number of hydrogen-bond donors (Lipinski definition) is 1. The van der Waals surface area contributed by atoms with E-state index in [1.807, 2.05) is 0 Å². The summed E-state index contributed by atoms with van der Waals surface area (Å²) in [5, 5.41) is 10.9. The van der Waals surface area contributed by atoms with Crippen molar-refractivity contribution in [1.82, 2.24) is 0 Å². The highest BCUT2D eigenvalue weighted by atomic mass is 16.5. The first-order chi connectivity index (χ1) is 7.32. The van der Waals surface area contributed by atoms with Crippen molar-refractivity contribution in [3.05, 3.63) is 0 Å². The molecule has 0 spiro atoms. The zero-order valence-electron chi connectivity index (χ0n) is 9.15. The van der Waals surface area contributed by atoms with Crippen LogP contribution in [0.4, 0.5) is 0 Å². The van der Waals surface area contributed by atoms with Crippen LogP contribution in [0, 0.1) is 5.92 Å². The monoisotopic (exact) mass is 212 g/mol. The van der Waals surface area contributed by atoms with E-state index in [-0.39, 0.29) is 12.2 Å². The molecule has 0 aromatic heterocycles. The molecule has 0 aromatic carbocycles. The van der Waals surface area contributed by atoms with E-state index in [0.29, 0.717) is 5.92 Å². The van der Waals surface area contributed by atoms with Gasteiger partial charge in [-0.3, -0.25) is 0 Å². The van der Waals surface area contributed by atoms with Crippen LogP contribution < -0.4 is 0 Å². The molecule has 0 bridgehead atoms. The summed E-state index contributed by atoms with van der Waals surface area (Å²) in [5.41, 5.74) is -0.674. The summed E-state index contributed by atoms with van der Waals surface area (Å²) < 4.78 is 11.4. The van der Waals surface area contributed by atoms with Crippen LogP contribution in [0.1, 0.15) is 38.5 Å². The number of ether oxygens (including phenoxy) is 2. The molecule has 3 aliphatic rings. The molecule has 2 unspecified atom stereocenters. The van der Waals surface area contributed by atoms with E-state index in [9.17, 15) is 5.11 Å². The molecular weight excluding hydrogens is 192 g/mol. The molecule has 2 atom stereocenters. The normalized spacial score (nSPS) is 40.6. The van der Waals surface area contributed by atoms with Crippen LogP contribution in [-0.2, 0) is 9.47 Å². The smallest absolute Gasteiger partial charge is 0.120 e. The molecule has 0 radical (unpaired) electrons. The van der Waals surface area contributed by atoms with Crippen molar-refractivity contribution in [3.63, 3.8) is 0 Å². The van der Waals surface area contributed by atoms with Crippen LogP contribution in [0.3, 0.4) is 0 Å². The lowest BCUT2D eigenvalue weighted by atomic mass is 9.82. The quantitative estimate of drug-likeness (QED) is 0.770. The molecular formula is C12H20O3. The molecule has 3 nitrogen and oxygen atoms in total. The maximum atomic E-state index is 10.9. The Labute approximate surface area is 90.8 Å². The predicted molar refractivity (Wildman–Crippen MR) is 55.6 cm³/mol. The lowest BCUT2D eigenvalue weighted by molar-refractivity contribution is -0.166. The Kier molecular flexibility index (Phi) is 2.49. The van der Waals surface area contributed by atoms with Crippen molar-refractivity contribution in [2.45, 2.75) is 56.3 Å². The van der Waals surface area contributed by atoms with Crippen molar-refractivity contribution in [3.8, 4) is 0 Å². The average molecular weight is 212 g/mol. The number of rotatable bonds is 3. The van der Waals surface area contributed by atoms with Crippen LogP contribution in [0.15, 0.2) is 0 Å². The molecule has 0 amide bonds. The first-order valence-corrected chi connectivity index (χ1v) is 6.27. The Balaban J connectivity index is 1.79. The van der Waals surface area contributed by atoms with Crippen LogP contribution in [0.2, 0.25) is 0 Å². The highest BCUT2D eigenvalue weighted by Gasteiger charge is 2.56. The maximum absolute atomic E-state index is 10.9. The van der Waals surface area contributed by atoms with Crippen molar-refractivity contribution >= 4 is 0 Å². The Bertz CT molecular complexity index is 209. The minimum atomic E-state index is -0.674. The van der Waals surface area contributed by atoms with Gasteiger partial charge in [0.2, 0.25) is 0 Å². The van der Waals surface area contributed by atoms with Gasteiger partial charge in [0.1, 0.15) is 5.60 Å². The Morgan fingerprint density at radius 2 is 1.40 bits per heavy atom. The lowest BCUT2D eigenvalue weighted by Gasteiger charge is -2.38. The van der Waals surface area contributed by atoms with Gasteiger partial charge in [0.05, 0.1) is 12.2 Å². The average Bonchev–Trinajstić information content (AvgIpc) is 2.79. The van der Waals surface area contributed by atoms with Gasteiger partial charge in [0, 0.05) is 13.2 Å². The SMILES string of the molecule is OC(C1CC1)(C1CCCO1)C1CCCO1. The highest BCUT2D eigenvalue weighted by Crippen LogP contribution is 2.48. The van der Waals surface area contributed by atoms with Crippen molar-refractivity contribution in [1.29, 1.82) is 0 Å². The Morgan fingerprint density at radius 1 is 0.867 bits per heavy atom. The fraction of sp³-hybridized carbons (Fsp3) is 1.00. The van der Waals surface area contributed by atoms with Gasteiger partial charge in [-0.25, -0.2) is 0 Å². The number of hydrogen-bond acceptors (Lipinski definition) is 3. The fourth-order valence-electron chi connectivity index (χ4n) is 3.16. The molecule has 3 fully saturated rings. The topological polar surface area (TPSA) is 38.7 Å². The Hall–Kier alpha value is -0.120. The second-order valence-electron chi connectivity index (χ2n) is 5.16. The van der Waals surface area contributed by atoms with Crippen LogP contribution in [-0.4, -0.2) is 36.1 Å². The zero-order valence-corrected chi connectivity index (χ0v) is 9.15. The van der Waals surface area contributed by atoms with E-state index in [0.717, 1.165) is 51.7 Å². The Morgan fingerprint density at radius 3 is 1.73 bits per heavy atom. The molecule has 1 saturated carbocycles. The largest absolute Gasteiger partial charge is 0.384 e. The van der Waals surface area contributed by atoms with E-state index in [2.05, 4.69) is 0 Å². The molecule has 86 valence electrons. The molecule has 2 heterocycles. The van der Waals surface area contributed by atoms with Gasteiger partial charge in [-0.15, -0.1) is 0 Å². The summed E-state index contributed by atoms with van der Waals surface area (Å²) in [5.74, 6) is 0.434. The highest BCUT2D eigenvalue weighted by molar-refractivity contribution is 5.06. The van der Waals surface area contributed by atoms with E-state index in [1.54, 1.807) is 0 Å². The third-order valence-corrected chi connectivity index (χ3v) is 4.12. The molecule has 3 rings (SSSR count). The third kappa shape index (κ3) is 1.61. The molecule has 1 N–H and O–H groups in total. The summed E-state index contributed by atoms with van der Waals surface area (Å²) in [4.78, 5) is 0. The summed E-state index contributed by atoms with van der Waals surface area (Å²) in [6, 6.07) is 0. The van der Waals surface area contributed by atoms with Gasteiger partial charge in [0.25, 0.3) is 0 Å². The van der Waals surface area contributed by atoms with Gasteiger partial charge in [0.15, 0.2) is 0 Å². The second kappa shape index (κ2) is 3.72. The molecule has 0 aromatic rings. The van der Waals surface area contributed by atoms with E-state index in [1.165, 1.54) is 0 Å². The fourth-order valence-corrected chi connectivity index (χ4v) is 3.16. The summed E-state index contributed by atoms with van der Waals surface area (Å²) in [6.07, 6.45) is 6.56. The molecule has 15 heavy (non-hydrogen) atoms. The summed E-state index contributed by atoms with van der Waals surface area (Å²) in [6.45, 7) is 1.62. The standard InChI is InChI=1S/C12H20O3/c13-12(9-5-6-9,10-3-1-7-14-10)11-4-2-8-15-11/h9-11,13H,1-8H2. The van der Waals surface area contributed by atoms with Crippen LogP contribution in [0.5, 0.6) is 0 Å². The minimum absolute atomic E-state index is 0.0353. The zero-order chi connectivity index (χ0) is 10.3.